The molecule has 1 heterocycles. The van der Waals surface area contributed by atoms with Gasteiger partial charge in [0.1, 0.15) is 6.61 Å². The number of alkyl halides is 8. The van der Waals surface area contributed by atoms with Gasteiger partial charge in [-0.2, -0.15) is 26.3 Å². The SMILES string of the molecule is CC1CCOP(=O)(OCC(F)(F)C(F)(F)C(F)(F)C(F)F)O1. The van der Waals surface area contributed by atoms with E-state index in [9.17, 15) is 39.7 Å². The number of hydrogen-bond acceptors (Lipinski definition) is 4. The van der Waals surface area contributed by atoms with Crippen molar-refractivity contribution in [2.75, 3.05) is 13.2 Å². The highest BCUT2D eigenvalue weighted by Crippen LogP contribution is 2.56. The first-order valence-corrected chi connectivity index (χ1v) is 7.20. The fourth-order valence-corrected chi connectivity index (χ4v) is 2.73. The van der Waals surface area contributed by atoms with Crippen molar-refractivity contribution in [3.63, 3.8) is 0 Å². The van der Waals surface area contributed by atoms with E-state index in [2.05, 4.69) is 13.6 Å². The second-order valence-corrected chi connectivity index (χ2v) is 6.08. The molecule has 1 aliphatic heterocycles. The summed E-state index contributed by atoms with van der Waals surface area (Å²) >= 11 is 0. The Labute approximate surface area is 119 Å². The summed E-state index contributed by atoms with van der Waals surface area (Å²) in [6.07, 6.45) is -5.62. The normalized spacial score (nSPS) is 28.2. The third kappa shape index (κ3) is 3.72. The number of rotatable bonds is 6. The highest BCUT2D eigenvalue weighted by Gasteiger charge is 2.75. The second kappa shape index (κ2) is 6.21. The monoisotopic (exact) mass is 366 g/mol. The Kier molecular flexibility index (Phi) is 5.54. The van der Waals surface area contributed by atoms with Crippen molar-refractivity contribution in [2.24, 2.45) is 0 Å². The minimum atomic E-state index is -6.44. The topological polar surface area (TPSA) is 44.8 Å². The van der Waals surface area contributed by atoms with E-state index in [1.165, 1.54) is 6.92 Å². The zero-order valence-corrected chi connectivity index (χ0v) is 11.8. The highest BCUT2D eigenvalue weighted by molar-refractivity contribution is 7.48. The van der Waals surface area contributed by atoms with Gasteiger partial charge in [-0.15, -0.1) is 0 Å². The molecule has 0 aromatic rings. The average molecular weight is 366 g/mol. The Balaban J connectivity index is 2.84. The molecule has 0 N–H and O–H groups in total. The Morgan fingerprint density at radius 2 is 1.77 bits per heavy atom. The first-order valence-electron chi connectivity index (χ1n) is 5.74. The number of hydrogen-bond donors (Lipinski definition) is 0. The summed E-state index contributed by atoms with van der Waals surface area (Å²) in [6.45, 7) is -1.48. The standard InChI is InChI=1S/C9H11F8O4P/c1-5-2-3-19-22(18,21-5)20-4-7(12,13)9(16,17)8(14,15)6(10)11/h5-6H,2-4H2,1H3. The van der Waals surface area contributed by atoms with Crippen molar-refractivity contribution in [1.82, 2.24) is 0 Å². The van der Waals surface area contributed by atoms with E-state index in [4.69, 9.17) is 0 Å². The minimum Gasteiger partial charge on any atom is -0.287 e. The van der Waals surface area contributed by atoms with Gasteiger partial charge in [0.15, 0.2) is 0 Å². The Bertz CT molecular complexity index is 443. The van der Waals surface area contributed by atoms with Crippen LogP contribution in [0.15, 0.2) is 0 Å². The van der Waals surface area contributed by atoms with Crippen LogP contribution in [-0.2, 0) is 18.1 Å². The van der Waals surface area contributed by atoms with Crippen LogP contribution in [0.5, 0.6) is 0 Å². The van der Waals surface area contributed by atoms with Crippen LogP contribution in [0.25, 0.3) is 0 Å². The average Bonchev–Trinajstić information content (AvgIpc) is 2.35. The third-order valence-corrected chi connectivity index (χ3v) is 4.20. The molecule has 4 nitrogen and oxygen atoms in total. The van der Waals surface area contributed by atoms with E-state index in [1.807, 2.05) is 0 Å². The molecule has 1 rings (SSSR count). The Morgan fingerprint density at radius 3 is 2.23 bits per heavy atom. The molecular weight excluding hydrogens is 355 g/mol. The van der Waals surface area contributed by atoms with Crippen molar-refractivity contribution in [3.8, 4) is 0 Å². The van der Waals surface area contributed by atoms with Crippen molar-refractivity contribution in [2.45, 2.75) is 43.6 Å². The van der Waals surface area contributed by atoms with Crippen molar-refractivity contribution in [1.29, 1.82) is 0 Å². The fraction of sp³-hybridized carbons (Fsp3) is 1.00. The van der Waals surface area contributed by atoms with Gasteiger partial charge in [-0.25, -0.2) is 13.3 Å². The van der Waals surface area contributed by atoms with Crippen LogP contribution >= 0.6 is 7.82 Å². The zero-order valence-electron chi connectivity index (χ0n) is 10.9. The molecule has 2 unspecified atom stereocenters. The van der Waals surface area contributed by atoms with Gasteiger partial charge in [0, 0.05) is 0 Å². The summed E-state index contributed by atoms with van der Waals surface area (Å²) in [5.74, 6) is -18.5. The molecule has 0 spiro atoms. The molecule has 1 saturated heterocycles. The van der Waals surface area contributed by atoms with Gasteiger partial charge in [0.2, 0.25) is 0 Å². The molecule has 13 heteroatoms. The Morgan fingerprint density at radius 1 is 1.23 bits per heavy atom. The molecule has 0 saturated carbocycles. The number of phosphoric ester groups is 1. The lowest BCUT2D eigenvalue weighted by molar-refractivity contribution is -0.343. The summed E-state index contributed by atoms with van der Waals surface area (Å²) in [4.78, 5) is 0. The zero-order chi connectivity index (χ0) is 17.4. The van der Waals surface area contributed by atoms with Crippen LogP contribution < -0.4 is 0 Å². The fourth-order valence-electron chi connectivity index (χ4n) is 1.33. The lowest BCUT2D eigenvalue weighted by Gasteiger charge is -2.33. The molecule has 0 aromatic carbocycles. The molecule has 2 atom stereocenters. The van der Waals surface area contributed by atoms with Gasteiger partial charge in [-0.3, -0.25) is 13.6 Å². The van der Waals surface area contributed by atoms with Crippen LogP contribution in [0.4, 0.5) is 35.1 Å². The first-order chi connectivity index (χ1) is 9.75. The van der Waals surface area contributed by atoms with Gasteiger partial charge >= 0.3 is 32.0 Å². The lowest BCUT2D eigenvalue weighted by Crippen LogP contribution is -2.59. The number of halogens is 8. The van der Waals surface area contributed by atoms with Crippen LogP contribution in [0, 0.1) is 0 Å². The summed E-state index contributed by atoms with van der Waals surface area (Å²) < 4.78 is 125. The van der Waals surface area contributed by atoms with Gasteiger partial charge in [-0.1, -0.05) is 0 Å². The van der Waals surface area contributed by atoms with E-state index in [-0.39, 0.29) is 13.0 Å². The predicted octanol–water partition coefficient (Wildman–Crippen LogP) is 4.11. The molecule has 1 fully saturated rings. The molecule has 0 amide bonds. The maximum Gasteiger partial charge on any atom is 0.475 e. The van der Waals surface area contributed by atoms with Crippen molar-refractivity contribution < 1.29 is 53.3 Å². The summed E-state index contributed by atoms with van der Waals surface area (Å²) in [5, 5.41) is 0. The van der Waals surface area contributed by atoms with E-state index in [0.717, 1.165) is 0 Å². The van der Waals surface area contributed by atoms with Gasteiger partial charge in [0.25, 0.3) is 0 Å². The van der Waals surface area contributed by atoms with Crippen LogP contribution in [0.2, 0.25) is 0 Å². The molecule has 0 radical (unpaired) electrons. The van der Waals surface area contributed by atoms with Gasteiger partial charge in [0.05, 0.1) is 12.7 Å². The van der Waals surface area contributed by atoms with E-state index < -0.39 is 44.7 Å². The molecule has 132 valence electrons. The number of phosphoric acid groups is 1. The minimum absolute atomic E-state index is 0.198. The van der Waals surface area contributed by atoms with Crippen LogP contribution in [-0.4, -0.2) is 43.5 Å². The van der Waals surface area contributed by atoms with Crippen molar-refractivity contribution in [3.05, 3.63) is 0 Å². The molecule has 0 aliphatic carbocycles. The molecular formula is C9H11F8O4P. The summed E-state index contributed by atoms with van der Waals surface area (Å²) in [5.41, 5.74) is 0. The quantitative estimate of drug-likeness (QED) is 0.524. The van der Waals surface area contributed by atoms with E-state index >= 15 is 0 Å². The molecule has 0 bridgehead atoms. The van der Waals surface area contributed by atoms with Crippen LogP contribution in [0.1, 0.15) is 13.3 Å². The molecule has 1 aliphatic rings. The summed E-state index contributed by atoms with van der Waals surface area (Å²) in [6, 6.07) is 0. The molecule has 22 heavy (non-hydrogen) atoms. The Hall–Kier alpha value is -0.450. The lowest BCUT2D eigenvalue weighted by atomic mass is 10.1. The van der Waals surface area contributed by atoms with Crippen LogP contribution in [0.3, 0.4) is 0 Å². The maximum atomic E-state index is 13.2. The highest BCUT2D eigenvalue weighted by atomic mass is 31.2. The third-order valence-electron chi connectivity index (χ3n) is 2.64. The second-order valence-electron chi connectivity index (χ2n) is 4.46. The van der Waals surface area contributed by atoms with Gasteiger partial charge in [-0.05, 0) is 13.3 Å². The smallest absolute Gasteiger partial charge is 0.287 e. The van der Waals surface area contributed by atoms with Crippen molar-refractivity contribution >= 4 is 7.82 Å². The van der Waals surface area contributed by atoms with Gasteiger partial charge < -0.3 is 0 Å². The van der Waals surface area contributed by atoms with E-state index in [0.29, 0.717) is 0 Å². The largest absolute Gasteiger partial charge is 0.475 e. The van der Waals surface area contributed by atoms with E-state index in [1.54, 1.807) is 0 Å². The maximum absolute atomic E-state index is 13.2. The molecule has 0 aromatic heterocycles. The first kappa shape index (κ1) is 19.6. The summed E-state index contributed by atoms with van der Waals surface area (Å²) in [7, 11) is -4.66. The predicted molar refractivity (Wildman–Crippen MR) is 55.5 cm³/mol.